The van der Waals surface area contributed by atoms with Gasteiger partial charge in [0, 0.05) is 25.0 Å². The van der Waals surface area contributed by atoms with Crippen LogP contribution in [0.2, 0.25) is 0 Å². The van der Waals surface area contributed by atoms with Gasteiger partial charge >= 0.3 is 6.18 Å². The van der Waals surface area contributed by atoms with Crippen molar-refractivity contribution >= 4 is 6.02 Å². The maximum Gasteiger partial charge on any atom is 0.416 e. The summed E-state index contributed by atoms with van der Waals surface area (Å²) in [6, 6.07) is 5.11. The number of amidine groups is 1. The average Bonchev–Trinajstić information content (AvgIpc) is 3.08. The monoisotopic (exact) mass is 336 g/mol. The number of alkyl halides is 3. The Morgan fingerprint density at radius 2 is 1.96 bits per heavy atom. The minimum Gasteiger partial charge on any atom is -0.463 e. The van der Waals surface area contributed by atoms with Gasteiger partial charge in [0.1, 0.15) is 6.61 Å². The van der Waals surface area contributed by atoms with Gasteiger partial charge in [0.15, 0.2) is 0 Å². The third-order valence-electron chi connectivity index (χ3n) is 3.55. The van der Waals surface area contributed by atoms with Crippen LogP contribution in [-0.2, 0) is 17.3 Å². The van der Waals surface area contributed by atoms with Crippen molar-refractivity contribution in [2.24, 2.45) is 4.99 Å². The second-order valence-electron chi connectivity index (χ2n) is 5.25. The number of ether oxygens (including phenoxy) is 1. The zero-order valence-corrected chi connectivity index (χ0v) is 12.6. The predicted molar refractivity (Wildman–Crippen MR) is 81.3 cm³/mol. The van der Waals surface area contributed by atoms with Crippen molar-refractivity contribution in [1.29, 1.82) is 0 Å². The summed E-state index contributed by atoms with van der Waals surface area (Å²) in [5, 5.41) is 3.12. The first-order valence-electron chi connectivity index (χ1n) is 7.38. The van der Waals surface area contributed by atoms with Crippen LogP contribution in [0.4, 0.5) is 13.2 Å². The molecule has 2 aromatic rings. The molecule has 2 heterocycles. The Morgan fingerprint density at radius 1 is 1.17 bits per heavy atom. The van der Waals surface area contributed by atoms with Crippen LogP contribution in [0.5, 0.6) is 0 Å². The van der Waals surface area contributed by atoms with Crippen molar-refractivity contribution in [3.8, 4) is 0 Å². The largest absolute Gasteiger partial charge is 0.463 e. The molecule has 0 fully saturated rings. The second-order valence-corrected chi connectivity index (χ2v) is 5.25. The number of aromatic nitrogens is 2. The summed E-state index contributed by atoms with van der Waals surface area (Å²) >= 11 is 0. The van der Waals surface area contributed by atoms with Crippen LogP contribution in [0.3, 0.4) is 0 Å². The van der Waals surface area contributed by atoms with E-state index in [4.69, 9.17) is 4.74 Å². The maximum atomic E-state index is 12.7. The van der Waals surface area contributed by atoms with Gasteiger partial charge in [-0.3, -0.25) is 9.97 Å². The van der Waals surface area contributed by atoms with Crippen LogP contribution >= 0.6 is 0 Å². The molecular formula is C16H15F3N4O. The van der Waals surface area contributed by atoms with Gasteiger partial charge in [-0.05, 0) is 17.7 Å². The highest BCUT2D eigenvalue weighted by atomic mass is 19.4. The highest BCUT2D eigenvalue weighted by Gasteiger charge is 2.30. The molecule has 1 aromatic heterocycles. The van der Waals surface area contributed by atoms with Gasteiger partial charge in [-0.2, -0.15) is 13.2 Å². The molecule has 0 aliphatic carbocycles. The lowest BCUT2D eigenvalue weighted by Gasteiger charge is -2.20. The minimum absolute atomic E-state index is 0.319. The van der Waals surface area contributed by atoms with Gasteiger partial charge in [0.25, 0.3) is 6.02 Å². The van der Waals surface area contributed by atoms with Crippen molar-refractivity contribution in [3.05, 3.63) is 59.7 Å². The molecule has 0 bridgehead atoms. The smallest absolute Gasteiger partial charge is 0.416 e. The highest BCUT2D eigenvalue weighted by Crippen LogP contribution is 2.30. The van der Waals surface area contributed by atoms with Gasteiger partial charge < -0.3 is 10.1 Å². The molecule has 1 N–H and O–H groups in total. The molecule has 1 unspecified atom stereocenters. The van der Waals surface area contributed by atoms with Crippen molar-refractivity contribution in [1.82, 2.24) is 15.3 Å². The molecule has 0 spiro atoms. The first-order valence-corrected chi connectivity index (χ1v) is 7.38. The average molecular weight is 336 g/mol. The van der Waals surface area contributed by atoms with E-state index < -0.39 is 11.7 Å². The molecule has 8 heteroatoms. The van der Waals surface area contributed by atoms with E-state index in [-0.39, 0.29) is 6.04 Å². The lowest BCUT2D eigenvalue weighted by molar-refractivity contribution is -0.137. The van der Waals surface area contributed by atoms with Gasteiger partial charge in [-0.15, -0.1) is 0 Å². The fourth-order valence-electron chi connectivity index (χ4n) is 2.37. The Kier molecular flexibility index (Phi) is 4.64. The van der Waals surface area contributed by atoms with E-state index in [0.29, 0.717) is 36.9 Å². The lowest BCUT2D eigenvalue weighted by atomic mass is 10.0. The highest BCUT2D eigenvalue weighted by molar-refractivity contribution is 5.75. The Morgan fingerprint density at radius 3 is 2.54 bits per heavy atom. The van der Waals surface area contributed by atoms with Crippen LogP contribution in [0.25, 0.3) is 0 Å². The van der Waals surface area contributed by atoms with E-state index in [0.717, 1.165) is 12.1 Å². The van der Waals surface area contributed by atoms with E-state index in [1.54, 1.807) is 18.6 Å². The van der Waals surface area contributed by atoms with Crippen LogP contribution in [0.1, 0.15) is 22.9 Å². The van der Waals surface area contributed by atoms with E-state index in [2.05, 4.69) is 20.3 Å². The first-order chi connectivity index (χ1) is 11.5. The number of nitrogens with zero attached hydrogens (tertiary/aromatic N) is 3. The number of benzene rings is 1. The number of halogens is 3. The Balaban J connectivity index is 1.83. The zero-order chi connectivity index (χ0) is 17.0. The molecule has 1 aliphatic heterocycles. The molecule has 126 valence electrons. The third kappa shape index (κ3) is 4.01. The van der Waals surface area contributed by atoms with E-state index in [9.17, 15) is 13.2 Å². The number of hydrogen-bond donors (Lipinski definition) is 1. The predicted octanol–water partition coefficient (Wildman–Crippen LogP) is 2.76. The topological polar surface area (TPSA) is 59.4 Å². The van der Waals surface area contributed by atoms with Crippen molar-refractivity contribution in [2.75, 3.05) is 13.2 Å². The molecule has 1 aliphatic rings. The molecule has 0 saturated carbocycles. The van der Waals surface area contributed by atoms with Gasteiger partial charge in [0.2, 0.25) is 0 Å². The maximum absolute atomic E-state index is 12.7. The minimum atomic E-state index is -4.36. The van der Waals surface area contributed by atoms with E-state index in [1.807, 2.05) is 0 Å². The van der Waals surface area contributed by atoms with Crippen LogP contribution in [0.15, 0.2) is 47.8 Å². The SMILES string of the molecule is FC(F)(F)c1ccc(C(Cc2cnccn2)NC2=NCCO2)cc1. The summed E-state index contributed by atoms with van der Waals surface area (Å²) in [5.41, 5.74) is 0.722. The van der Waals surface area contributed by atoms with Gasteiger partial charge in [-0.25, -0.2) is 4.99 Å². The first kappa shape index (κ1) is 16.2. The Hall–Kier alpha value is -2.64. The summed E-state index contributed by atoms with van der Waals surface area (Å²) in [6.45, 7) is 1.06. The summed E-state index contributed by atoms with van der Waals surface area (Å²) in [6.07, 6.45) is 0.847. The molecule has 3 rings (SSSR count). The van der Waals surface area contributed by atoms with E-state index in [1.165, 1.54) is 12.1 Å². The molecule has 0 saturated heterocycles. The van der Waals surface area contributed by atoms with Crippen LogP contribution < -0.4 is 5.32 Å². The van der Waals surface area contributed by atoms with Gasteiger partial charge in [0.05, 0.1) is 23.8 Å². The third-order valence-corrected chi connectivity index (χ3v) is 3.55. The second kappa shape index (κ2) is 6.86. The quantitative estimate of drug-likeness (QED) is 0.933. The molecule has 1 atom stereocenters. The normalized spacial score (nSPS) is 15.5. The van der Waals surface area contributed by atoms with E-state index >= 15 is 0 Å². The fourth-order valence-corrected chi connectivity index (χ4v) is 2.37. The van der Waals surface area contributed by atoms with Crippen molar-refractivity contribution < 1.29 is 17.9 Å². The molecule has 0 amide bonds. The number of rotatable bonds is 4. The van der Waals surface area contributed by atoms with Crippen LogP contribution in [-0.4, -0.2) is 29.1 Å². The number of nitrogens with one attached hydrogen (secondary N) is 1. The van der Waals surface area contributed by atoms with Crippen molar-refractivity contribution in [3.63, 3.8) is 0 Å². The summed E-state index contributed by atoms with van der Waals surface area (Å²) < 4.78 is 43.5. The molecule has 24 heavy (non-hydrogen) atoms. The summed E-state index contributed by atoms with van der Waals surface area (Å²) in [7, 11) is 0. The van der Waals surface area contributed by atoms with Crippen LogP contribution in [0, 0.1) is 0 Å². The molecule has 1 aromatic carbocycles. The zero-order valence-electron chi connectivity index (χ0n) is 12.6. The Bertz CT molecular complexity index is 702. The summed E-state index contributed by atoms with van der Waals surface area (Å²) in [5.74, 6) is 0. The molecule has 5 nitrogen and oxygen atoms in total. The van der Waals surface area contributed by atoms with Gasteiger partial charge in [-0.1, -0.05) is 12.1 Å². The summed E-state index contributed by atoms with van der Waals surface area (Å²) in [4.78, 5) is 12.4. The number of aliphatic imine (C=N–C) groups is 1. The molecule has 0 radical (unpaired) electrons. The number of hydrogen-bond acceptors (Lipinski definition) is 5. The van der Waals surface area contributed by atoms with Crippen molar-refractivity contribution in [2.45, 2.75) is 18.6 Å². The standard InChI is InChI=1S/C16H15F3N4O/c17-16(18,19)12-3-1-11(2-4-12)14(23-15-22-7-8-24-15)9-13-10-20-5-6-21-13/h1-6,10,14H,7-9H2,(H,22,23). The Labute approximate surface area is 136 Å². The fraction of sp³-hybridized carbons (Fsp3) is 0.312. The lowest BCUT2D eigenvalue weighted by Crippen LogP contribution is -2.30. The molecular weight excluding hydrogens is 321 g/mol.